The van der Waals surface area contributed by atoms with Crippen molar-refractivity contribution < 1.29 is 0 Å². The molecule has 0 bridgehead atoms. The summed E-state index contributed by atoms with van der Waals surface area (Å²) in [6, 6.07) is 60.5. The summed E-state index contributed by atoms with van der Waals surface area (Å²) in [6.07, 6.45) is 0. The smallest absolute Gasteiger partial charge is 0.115 e. The average Bonchev–Trinajstić information content (AvgIpc) is 3.87. The number of hydrogen-bond donors (Lipinski definition) is 0. The van der Waals surface area contributed by atoms with Crippen molar-refractivity contribution in [2.45, 2.75) is 0 Å². The molecule has 0 aliphatic rings. The lowest BCUT2D eigenvalue weighted by Crippen LogP contribution is -2.48. The molecule has 0 saturated heterocycles. The van der Waals surface area contributed by atoms with E-state index in [1.54, 1.807) is 0 Å². The molecule has 0 N–H and O–H groups in total. The molecular weight excluding hydrogens is 752 g/mol. The Morgan fingerprint density at radius 2 is 0.778 bits per heavy atom. The van der Waals surface area contributed by atoms with Crippen molar-refractivity contribution in [1.82, 2.24) is 9.13 Å². The van der Waals surface area contributed by atoms with Crippen LogP contribution in [0.15, 0.2) is 176 Å². The van der Waals surface area contributed by atoms with Crippen LogP contribution in [-0.2, 0) is 0 Å². The number of fused-ring (bicyclic) bond motifs is 6. The van der Waals surface area contributed by atoms with Crippen LogP contribution in [-0.4, -0.2) is 64.1 Å². The number of para-hydroxylation sites is 1. The maximum atomic E-state index is 7.44. The Kier molecular flexibility index (Phi) is 9.35. The van der Waals surface area contributed by atoms with Gasteiger partial charge in [0.1, 0.15) is 54.9 Å². The van der Waals surface area contributed by atoms with Gasteiger partial charge in [0.15, 0.2) is 0 Å². The zero-order valence-corrected chi connectivity index (χ0v) is 34.2. The number of benzene rings is 9. The zero-order chi connectivity index (χ0) is 43.1. The monoisotopic (exact) mass is 782 g/mol. The van der Waals surface area contributed by atoms with Crippen molar-refractivity contribution in [2.75, 3.05) is 0 Å². The second kappa shape index (κ2) is 15.1. The molecule has 0 amide bonds. The number of nitrogens with zero attached hydrogens (tertiary/aromatic N) is 2. The van der Waals surface area contributed by atoms with Crippen LogP contribution in [0.1, 0.15) is 0 Å². The van der Waals surface area contributed by atoms with Gasteiger partial charge >= 0.3 is 0 Å². The van der Waals surface area contributed by atoms with Crippen LogP contribution in [0.3, 0.4) is 0 Å². The molecule has 11 rings (SSSR count). The number of hydrogen-bond acceptors (Lipinski definition) is 0. The fraction of sp³-hybridized carbons (Fsp3) is 0. The van der Waals surface area contributed by atoms with Crippen molar-refractivity contribution in [3.05, 3.63) is 176 Å². The molecule has 0 spiro atoms. The highest BCUT2D eigenvalue weighted by Crippen LogP contribution is 2.39. The second-order valence-corrected chi connectivity index (χ2v) is 16.0. The van der Waals surface area contributed by atoms with Crippen LogP contribution >= 0.6 is 0 Å². The van der Waals surface area contributed by atoms with E-state index in [-0.39, 0.29) is 21.9 Å². The number of rotatable bonds is 6. The Morgan fingerprint density at radius 3 is 1.41 bits per heavy atom. The molecule has 0 aliphatic carbocycles. The van der Waals surface area contributed by atoms with E-state index in [2.05, 4.69) is 126 Å². The molecular formula is C54H29B7N2. The minimum atomic E-state index is 0.173. The summed E-state index contributed by atoms with van der Waals surface area (Å²) in [6.45, 7) is 0. The van der Waals surface area contributed by atoms with E-state index < -0.39 is 0 Å². The van der Waals surface area contributed by atoms with Crippen molar-refractivity contribution in [1.29, 1.82) is 0 Å². The topological polar surface area (TPSA) is 9.86 Å². The van der Waals surface area contributed by atoms with Gasteiger partial charge in [0.05, 0.1) is 16.7 Å². The Hall–Kier alpha value is -6.97. The second-order valence-electron chi connectivity index (χ2n) is 16.0. The standard InChI is InChI=1S/C54H29B7N2/c55-46-43(47(56)51(60)53-44(46)45-48(57)49(58)50(59)52(61)54(45)63(53)40-22-11-10-21-37(40)32-17-8-3-9-18-32)35-24-26-42-39(29-35)38-28-34(31-15-6-2-7-16-31)23-25-41(38)62(42)36-20-12-19-33(27-36)30-13-4-1-5-14-30/h1-29H. The molecule has 2 heterocycles. The van der Waals surface area contributed by atoms with E-state index in [1.807, 2.05) is 59.2 Å². The van der Waals surface area contributed by atoms with Gasteiger partial charge in [0.2, 0.25) is 0 Å². The first kappa shape index (κ1) is 38.9. The van der Waals surface area contributed by atoms with E-state index in [9.17, 15) is 0 Å². The van der Waals surface area contributed by atoms with E-state index in [0.717, 1.165) is 72.1 Å². The van der Waals surface area contributed by atoms with Gasteiger partial charge in [-0.1, -0.05) is 161 Å². The molecule has 276 valence electrons. The fourth-order valence-electron chi connectivity index (χ4n) is 9.50. The molecule has 9 aromatic carbocycles. The first-order valence-corrected chi connectivity index (χ1v) is 20.7. The minimum absolute atomic E-state index is 0.173. The summed E-state index contributed by atoms with van der Waals surface area (Å²) >= 11 is 0. The van der Waals surface area contributed by atoms with Gasteiger partial charge in [-0.2, -0.15) is 0 Å². The SMILES string of the molecule is [B]c1c([B])c([B])c2c(c1[B])c1c([B])c(-c3ccc4c(c3)c3cc(-c5ccccc5)ccc3n4-c3cccc(-c4ccccc4)c3)c([B])c([B])c1n2-c1ccccc1-c1ccccc1. The van der Waals surface area contributed by atoms with E-state index >= 15 is 0 Å². The Balaban J connectivity index is 1.21. The third-order valence-corrected chi connectivity index (χ3v) is 12.5. The summed E-state index contributed by atoms with van der Waals surface area (Å²) in [5.41, 5.74) is 14.7. The molecule has 9 heteroatoms. The molecule has 14 radical (unpaired) electrons. The lowest BCUT2D eigenvalue weighted by molar-refractivity contribution is 1.18. The van der Waals surface area contributed by atoms with Gasteiger partial charge in [-0.05, 0) is 86.8 Å². The van der Waals surface area contributed by atoms with Crippen molar-refractivity contribution >= 4 is 137 Å². The summed E-state index contributed by atoms with van der Waals surface area (Å²) in [7, 11) is 49.0. The fourth-order valence-corrected chi connectivity index (χ4v) is 9.50. The molecule has 63 heavy (non-hydrogen) atoms. The van der Waals surface area contributed by atoms with Crippen molar-refractivity contribution in [2.24, 2.45) is 0 Å². The van der Waals surface area contributed by atoms with Gasteiger partial charge < -0.3 is 9.13 Å². The lowest BCUT2D eigenvalue weighted by atomic mass is 9.64. The first-order valence-electron chi connectivity index (χ1n) is 20.7. The Morgan fingerprint density at radius 1 is 0.302 bits per heavy atom. The van der Waals surface area contributed by atoms with E-state index in [4.69, 9.17) is 54.9 Å². The third kappa shape index (κ3) is 6.04. The maximum absolute atomic E-state index is 7.44. The van der Waals surface area contributed by atoms with Crippen LogP contribution in [0.25, 0.3) is 99.5 Å². The summed E-state index contributed by atoms with van der Waals surface area (Å²) in [4.78, 5) is 0. The maximum Gasteiger partial charge on any atom is 0.115 e. The predicted octanol–water partition coefficient (Wildman–Crippen LogP) is 6.11. The summed E-state index contributed by atoms with van der Waals surface area (Å²) in [5, 5.41) is 3.21. The largest absolute Gasteiger partial charge is 0.310 e. The quantitative estimate of drug-likeness (QED) is 0.181. The Bertz CT molecular complexity index is 3630. The number of aromatic nitrogens is 2. The van der Waals surface area contributed by atoms with Crippen molar-refractivity contribution in [3.63, 3.8) is 0 Å². The van der Waals surface area contributed by atoms with Crippen LogP contribution in [0.5, 0.6) is 0 Å². The summed E-state index contributed by atoms with van der Waals surface area (Å²) < 4.78 is 4.29. The van der Waals surface area contributed by atoms with Gasteiger partial charge in [-0.15, -0.1) is 10.9 Å². The highest BCUT2D eigenvalue weighted by molar-refractivity contribution is 6.69. The van der Waals surface area contributed by atoms with Crippen molar-refractivity contribution in [3.8, 4) is 55.9 Å². The molecule has 0 atom stereocenters. The lowest BCUT2D eigenvalue weighted by Gasteiger charge is -2.20. The Labute approximate surface area is 375 Å². The third-order valence-electron chi connectivity index (χ3n) is 12.5. The van der Waals surface area contributed by atoms with Gasteiger partial charge in [0, 0.05) is 38.4 Å². The van der Waals surface area contributed by atoms with Crippen LogP contribution < -0.4 is 38.2 Å². The highest BCUT2D eigenvalue weighted by atomic mass is 15.0. The van der Waals surface area contributed by atoms with E-state index in [0.29, 0.717) is 43.8 Å². The van der Waals surface area contributed by atoms with Gasteiger partial charge in [-0.25, -0.2) is 0 Å². The van der Waals surface area contributed by atoms with Gasteiger partial charge in [0.25, 0.3) is 0 Å². The molecule has 2 aromatic heterocycles. The van der Waals surface area contributed by atoms with Crippen LogP contribution in [0, 0.1) is 0 Å². The molecule has 2 nitrogen and oxygen atoms in total. The molecule has 11 aromatic rings. The normalized spacial score (nSPS) is 11.6. The van der Waals surface area contributed by atoms with Crippen LogP contribution in [0.2, 0.25) is 0 Å². The minimum Gasteiger partial charge on any atom is -0.310 e. The predicted molar refractivity (Wildman–Crippen MR) is 275 cm³/mol. The highest BCUT2D eigenvalue weighted by Gasteiger charge is 2.26. The zero-order valence-electron chi connectivity index (χ0n) is 34.2. The molecule has 0 fully saturated rings. The average molecular weight is 782 g/mol. The molecule has 0 saturated carbocycles. The molecule has 0 aliphatic heterocycles. The molecule has 0 unspecified atom stereocenters. The van der Waals surface area contributed by atoms with E-state index in [1.165, 1.54) is 0 Å². The van der Waals surface area contributed by atoms with Crippen LogP contribution in [0.4, 0.5) is 0 Å². The summed E-state index contributed by atoms with van der Waals surface area (Å²) in [5.74, 6) is 0. The first-order chi connectivity index (χ1) is 30.7. The van der Waals surface area contributed by atoms with Gasteiger partial charge in [-0.3, -0.25) is 0 Å².